The second kappa shape index (κ2) is 3.98. The van der Waals surface area contributed by atoms with Crippen molar-refractivity contribution in [1.29, 1.82) is 0 Å². The Morgan fingerprint density at radius 3 is 2.80 bits per heavy atom. The van der Waals surface area contributed by atoms with Crippen molar-refractivity contribution < 1.29 is 4.92 Å². The largest absolute Gasteiger partial charge is 0.317 e. The van der Waals surface area contributed by atoms with Crippen LogP contribution in [0.4, 0.5) is 5.69 Å². The Labute approximate surface area is 87.4 Å². The highest BCUT2D eigenvalue weighted by Crippen LogP contribution is 2.24. The summed E-state index contributed by atoms with van der Waals surface area (Å²) in [5.74, 6) is 0. The van der Waals surface area contributed by atoms with Gasteiger partial charge in [0.2, 0.25) is 0 Å². The van der Waals surface area contributed by atoms with E-state index in [9.17, 15) is 10.1 Å². The van der Waals surface area contributed by atoms with Gasteiger partial charge >= 0.3 is 5.69 Å². The second-order valence-corrected chi connectivity index (χ2v) is 3.80. The van der Waals surface area contributed by atoms with E-state index < -0.39 is 0 Å². The molecule has 0 unspecified atom stereocenters. The van der Waals surface area contributed by atoms with E-state index >= 15 is 0 Å². The van der Waals surface area contributed by atoms with Crippen LogP contribution in [0.25, 0.3) is 0 Å². The van der Waals surface area contributed by atoms with Crippen LogP contribution < -0.4 is 5.32 Å². The summed E-state index contributed by atoms with van der Waals surface area (Å²) in [6.07, 6.45) is 3.32. The van der Waals surface area contributed by atoms with Gasteiger partial charge in [-0.25, -0.2) is 0 Å². The number of aromatic nitrogens is 2. The van der Waals surface area contributed by atoms with E-state index in [4.69, 9.17) is 0 Å². The number of hydrogen-bond donors (Lipinski definition) is 1. The van der Waals surface area contributed by atoms with Crippen molar-refractivity contribution in [2.45, 2.75) is 25.8 Å². The van der Waals surface area contributed by atoms with Gasteiger partial charge in [0, 0.05) is 0 Å². The van der Waals surface area contributed by atoms with Crippen LogP contribution in [-0.4, -0.2) is 27.8 Å². The molecule has 1 aliphatic rings. The van der Waals surface area contributed by atoms with Gasteiger partial charge in [0.15, 0.2) is 0 Å². The molecule has 0 saturated carbocycles. The van der Waals surface area contributed by atoms with Crippen molar-refractivity contribution in [3.63, 3.8) is 0 Å². The van der Waals surface area contributed by atoms with Gasteiger partial charge in [-0.15, -0.1) is 0 Å². The number of rotatable bonds is 2. The fourth-order valence-corrected chi connectivity index (χ4v) is 2.01. The molecule has 1 aromatic heterocycles. The van der Waals surface area contributed by atoms with Crippen LogP contribution in [-0.2, 0) is 0 Å². The SMILES string of the molecule is Cc1c([N+](=O)[O-])cnn1C1CCNCC1. The normalized spacial score (nSPS) is 17.9. The molecule has 2 heterocycles. The zero-order valence-electron chi connectivity index (χ0n) is 8.64. The zero-order chi connectivity index (χ0) is 10.8. The summed E-state index contributed by atoms with van der Waals surface area (Å²) in [6.45, 7) is 3.67. The molecule has 82 valence electrons. The summed E-state index contributed by atoms with van der Waals surface area (Å²) >= 11 is 0. The smallest absolute Gasteiger partial charge is 0.309 e. The molecule has 1 aromatic rings. The summed E-state index contributed by atoms with van der Waals surface area (Å²) < 4.78 is 1.79. The van der Waals surface area contributed by atoms with E-state index in [1.165, 1.54) is 6.20 Å². The van der Waals surface area contributed by atoms with E-state index in [-0.39, 0.29) is 10.6 Å². The van der Waals surface area contributed by atoms with Crippen LogP contribution in [0, 0.1) is 17.0 Å². The maximum atomic E-state index is 10.7. The summed E-state index contributed by atoms with van der Waals surface area (Å²) in [5.41, 5.74) is 0.778. The average molecular weight is 210 g/mol. The summed E-state index contributed by atoms with van der Waals surface area (Å²) in [5, 5.41) is 18.0. The van der Waals surface area contributed by atoms with E-state index in [0.29, 0.717) is 11.7 Å². The predicted molar refractivity (Wildman–Crippen MR) is 54.8 cm³/mol. The molecule has 0 spiro atoms. The van der Waals surface area contributed by atoms with Gasteiger partial charge in [-0.1, -0.05) is 0 Å². The molecule has 0 aliphatic carbocycles. The van der Waals surface area contributed by atoms with Gasteiger partial charge in [-0.05, 0) is 32.9 Å². The third-order valence-corrected chi connectivity index (χ3v) is 2.87. The summed E-state index contributed by atoms with van der Waals surface area (Å²) in [6, 6.07) is 0.306. The monoisotopic (exact) mass is 210 g/mol. The first kappa shape index (κ1) is 10.1. The lowest BCUT2D eigenvalue weighted by Crippen LogP contribution is -2.30. The molecule has 1 saturated heterocycles. The van der Waals surface area contributed by atoms with Crippen LogP contribution in [0.3, 0.4) is 0 Å². The fraction of sp³-hybridized carbons (Fsp3) is 0.667. The Morgan fingerprint density at radius 1 is 1.60 bits per heavy atom. The highest BCUT2D eigenvalue weighted by Gasteiger charge is 2.22. The highest BCUT2D eigenvalue weighted by molar-refractivity contribution is 5.31. The molecule has 0 atom stereocenters. The van der Waals surface area contributed by atoms with Crippen molar-refractivity contribution in [3.8, 4) is 0 Å². The topological polar surface area (TPSA) is 73.0 Å². The van der Waals surface area contributed by atoms with Gasteiger partial charge in [-0.2, -0.15) is 5.10 Å². The third kappa shape index (κ3) is 1.85. The van der Waals surface area contributed by atoms with Gasteiger partial charge in [-0.3, -0.25) is 14.8 Å². The van der Waals surface area contributed by atoms with Crippen LogP contribution in [0.15, 0.2) is 6.20 Å². The molecule has 0 radical (unpaired) electrons. The highest BCUT2D eigenvalue weighted by atomic mass is 16.6. The Hall–Kier alpha value is -1.43. The predicted octanol–water partition coefficient (Wildman–Crippen LogP) is 1.02. The van der Waals surface area contributed by atoms with Crippen LogP contribution in [0.1, 0.15) is 24.6 Å². The number of piperidine rings is 1. The first-order valence-corrected chi connectivity index (χ1v) is 5.09. The first-order valence-electron chi connectivity index (χ1n) is 5.09. The number of nitro groups is 1. The van der Waals surface area contributed by atoms with Crippen molar-refractivity contribution in [1.82, 2.24) is 15.1 Å². The Bertz CT molecular complexity index is 368. The van der Waals surface area contributed by atoms with E-state index in [2.05, 4.69) is 10.4 Å². The molecule has 6 heteroatoms. The Balaban J connectivity index is 2.24. The van der Waals surface area contributed by atoms with Gasteiger partial charge < -0.3 is 5.32 Å². The molecule has 1 N–H and O–H groups in total. The minimum absolute atomic E-state index is 0.119. The second-order valence-electron chi connectivity index (χ2n) is 3.80. The van der Waals surface area contributed by atoms with Gasteiger partial charge in [0.25, 0.3) is 0 Å². The van der Waals surface area contributed by atoms with Gasteiger partial charge in [0.05, 0.1) is 11.0 Å². The summed E-state index contributed by atoms with van der Waals surface area (Å²) in [7, 11) is 0. The van der Waals surface area contributed by atoms with Crippen molar-refractivity contribution in [2.24, 2.45) is 0 Å². The number of nitrogens with zero attached hydrogens (tertiary/aromatic N) is 3. The standard InChI is InChI=1S/C9H14N4O2/c1-7-9(13(14)15)6-11-12(7)8-2-4-10-5-3-8/h6,8,10H,2-5H2,1H3. The molecule has 0 amide bonds. The van der Waals surface area contributed by atoms with E-state index in [1.807, 2.05) is 0 Å². The fourth-order valence-electron chi connectivity index (χ4n) is 2.01. The molecule has 6 nitrogen and oxygen atoms in total. The minimum atomic E-state index is -0.375. The quantitative estimate of drug-likeness (QED) is 0.584. The first-order chi connectivity index (χ1) is 7.20. The van der Waals surface area contributed by atoms with Crippen molar-refractivity contribution >= 4 is 5.69 Å². The zero-order valence-corrected chi connectivity index (χ0v) is 8.64. The number of nitrogens with one attached hydrogen (secondary N) is 1. The molecular weight excluding hydrogens is 196 g/mol. The minimum Gasteiger partial charge on any atom is -0.317 e. The Kier molecular flexibility index (Phi) is 2.68. The molecule has 0 aromatic carbocycles. The van der Waals surface area contributed by atoms with Crippen LogP contribution in [0.5, 0.6) is 0 Å². The van der Waals surface area contributed by atoms with Crippen LogP contribution >= 0.6 is 0 Å². The summed E-state index contributed by atoms with van der Waals surface area (Å²) in [4.78, 5) is 10.3. The van der Waals surface area contributed by atoms with Crippen molar-refractivity contribution in [2.75, 3.05) is 13.1 Å². The van der Waals surface area contributed by atoms with Crippen LogP contribution in [0.2, 0.25) is 0 Å². The van der Waals surface area contributed by atoms with E-state index in [1.54, 1.807) is 11.6 Å². The number of hydrogen-bond acceptors (Lipinski definition) is 4. The Morgan fingerprint density at radius 2 is 2.27 bits per heavy atom. The molecule has 15 heavy (non-hydrogen) atoms. The van der Waals surface area contributed by atoms with Gasteiger partial charge in [0.1, 0.15) is 11.9 Å². The molecule has 1 aliphatic heterocycles. The lowest BCUT2D eigenvalue weighted by molar-refractivity contribution is -0.385. The maximum Gasteiger partial charge on any atom is 0.309 e. The molecule has 2 rings (SSSR count). The third-order valence-electron chi connectivity index (χ3n) is 2.87. The van der Waals surface area contributed by atoms with E-state index in [0.717, 1.165) is 25.9 Å². The molecular formula is C9H14N4O2. The lowest BCUT2D eigenvalue weighted by Gasteiger charge is -2.23. The maximum absolute atomic E-state index is 10.7. The molecule has 0 bridgehead atoms. The van der Waals surface area contributed by atoms with Crippen molar-refractivity contribution in [3.05, 3.63) is 22.0 Å². The molecule has 1 fully saturated rings. The lowest BCUT2D eigenvalue weighted by atomic mass is 10.1. The average Bonchev–Trinajstić information content (AvgIpc) is 2.61.